The Kier molecular flexibility index (Phi) is 7.25. The molecule has 0 saturated carbocycles. The maximum absolute atomic E-state index is 11.3. The number of carbonyl (C=O) groups excluding carboxylic acids is 1. The number of aromatic nitrogens is 2. The third-order valence-electron chi connectivity index (χ3n) is 9.99. The number of amides is 1. The van der Waals surface area contributed by atoms with Crippen LogP contribution in [0.5, 0.6) is 0 Å². The Morgan fingerprint density at radius 3 is 1.45 bits per heavy atom. The van der Waals surface area contributed by atoms with Crippen LogP contribution in [0.2, 0.25) is 0 Å². The van der Waals surface area contributed by atoms with Crippen molar-refractivity contribution in [1.82, 2.24) is 14.5 Å². The maximum Gasteiger partial charge on any atom is 0.211 e. The molecule has 244 valence electrons. The van der Waals surface area contributed by atoms with E-state index in [9.17, 15) is 4.79 Å². The van der Waals surface area contributed by atoms with E-state index >= 15 is 0 Å². The van der Waals surface area contributed by atoms with E-state index in [0.29, 0.717) is 12.1 Å². The number of rotatable bonds is 8. The van der Waals surface area contributed by atoms with Gasteiger partial charge in [-0.15, -0.1) is 0 Å². The van der Waals surface area contributed by atoms with Crippen LogP contribution in [0.3, 0.4) is 0 Å². The molecule has 2 heterocycles. The molecule has 0 aliphatic rings. The summed E-state index contributed by atoms with van der Waals surface area (Å²) in [5.74, 6) is 0. The maximum atomic E-state index is 11.3. The summed E-state index contributed by atoms with van der Waals surface area (Å²) in [6, 6.07) is 56.2. The predicted octanol–water partition coefficient (Wildman–Crippen LogP) is 11.0. The molecule has 0 fully saturated rings. The zero-order chi connectivity index (χ0) is 34.5. The summed E-state index contributed by atoms with van der Waals surface area (Å²) in [6.45, 7) is 4.17. The number of fused-ring (bicyclic) bond motifs is 6. The Bertz CT molecular complexity index is 2790. The molecule has 0 atom stereocenters. The Labute approximate surface area is 295 Å². The Morgan fingerprint density at radius 2 is 0.941 bits per heavy atom. The molecule has 0 aliphatic carbocycles. The van der Waals surface area contributed by atoms with Crippen LogP contribution in [0.4, 0.5) is 5.69 Å². The van der Waals surface area contributed by atoms with Crippen LogP contribution in [-0.2, 0) is 4.79 Å². The number of benzene rings is 7. The Hall–Kier alpha value is -6.85. The lowest BCUT2D eigenvalue weighted by Crippen LogP contribution is -2.07. The average molecular weight is 659 g/mol. The van der Waals surface area contributed by atoms with E-state index in [0.717, 1.165) is 50.4 Å². The largest absolute Gasteiger partial charge is 0.388 e. The molecule has 0 bridgehead atoms. The highest BCUT2D eigenvalue weighted by Crippen LogP contribution is 2.40. The molecule has 0 aliphatic heterocycles. The molecule has 5 heteroatoms. The quantitative estimate of drug-likeness (QED) is 0.160. The minimum atomic E-state index is 0.697. The van der Waals surface area contributed by atoms with Gasteiger partial charge in [0.15, 0.2) is 0 Å². The van der Waals surface area contributed by atoms with Crippen molar-refractivity contribution < 1.29 is 4.79 Å². The van der Waals surface area contributed by atoms with Crippen molar-refractivity contribution in [2.75, 3.05) is 12.4 Å². The third kappa shape index (κ3) is 4.98. The summed E-state index contributed by atoms with van der Waals surface area (Å²) in [6.07, 6.45) is 0.697. The minimum absolute atomic E-state index is 0.697. The fraction of sp³-hybridized carbons (Fsp3) is 0.0217. The first kappa shape index (κ1) is 30.2. The fourth-order valence-corrected chi connectivity index (χ4v) is 7.54. The van der Waals surface area contributed by atoms with Gasteiger partial charge < -0.3 is 19.8 Å². The number of nitrogens with one attached hydrogen (secondary N) is 2. The SMILES string of the molecule is C=C(NC)c1cc(-c2ccc3c(c2)c2cc(-c4ccc5c(c4)c4ccccc4n5-c4ccccc4)ccc2n3-c2ccccc2)ccc1NC=O. The van der Waals surface area contributed by atoms with Gasteiger partial charge in [-0.05, 0) is 101 Å². The van der Waals surface area contributed by atoms with Gasteiger partial charge in [0.05, 0.1) is 22.1 Å². The highest BCUT2D eigenvalue weighted by atomic mass is 16.1. The van der Waals surface area contributed by atoms with Gasteiger partial charge in [0.2, 0.25) is 6.41 Å². The zero-order valence-corrected chi connectivity index (χ0v) is 28.1. The van der Waals surface area contributed by atoms with E-state index in [1.54, 1.807) is 0 Å². The second kappa shape index (κ2) is 12.2. The van der Waals surface area contributed by atoms with Gasteiger partial charge in [0, 0.05) is 56.9 Å². The molecule has 9 aromatic rings. The summed E-state index contributed by atoms with van der Waals surface area (Å²) in [7, 11) is 1.83. The van der Waals surface area contributed by atoms with Crippen LogP contribution >= 0.6 is 0 Å². The van der Waals surface area contributed by atoms with Crippen molar-refractivity contribution in [2.24, 2.45) is 0 Å². The molecule has 0 spiro atoms. The van der Waals surface area contributed by atoms with Crippen molar-refractivity contribution in [3.63, 3.8) is 0 Å². The molecule has 9 rings (SSSR count). The number of para-hydroxylation sites is 3. The lowest BCUT2D eigenvalue weighted by molar-refractivity contribution is -0.105. The molecule has 1 amide bonds. The summed E-state index contributed by atoms with van der Waals surface area (Å²) in [5.41, 5.74) is 13.7. The van der Waals surface area contributed by atoms with Gasteiger partial charge in [0.1, 0.15) is 0 Å². The second-order valence-electron chi connectivity index (χ2n) is 12.8. The van der Waals surface area contributed by atoms with E-state index in [4.69, 9.17) is 0 Å². The van der Waals surface area contributed by atoms with E-state index in [-0.39, 0.29) is 0 Å². The predicted molar refractivity (Wildman–Crippen MR) is 214 cm³/mol. The third-order valence-corrected chi connectivity index (χ3v) is 9.99. The van der Waals surface area contributed by atoms with Gasteiger partial charge in [-0.25, -0.2) is 0 Å². The normalized spacial score (nSPS) is 11.4. The van der Waals surface area contributed by atoms with Crippen LogP contribution in [0.25, 0.3) is 82.9 Å². The van der Waals surface area contributed by atoms with Gasteiger partial charge in [-0.2, -0.15) is 0 Å². The number of anilines is 1. The number of carbonyl (C=O) groups is 1. The molecule has 51 heavy (non-hydrogen) atoms. The number of hydrogen-bond donors (Lipinski definition) is 2. The fourth-order valence-electron chi connectivity index (χ4n) is 7.54. The van der Waals surface area contributed by atoms with Crippen molar-refractivity contribution >= 4 is 61.4 Å². The Morgan fingerprint density at radius 1 is 0.510 bits per heavy atom. The van der Waals surface area contributed by atoms with Gasteiger partial charge >= 0.3 is 0 Å². The monoisotopic (exact) mass is 658 g/mol. The molecule has 5 nitrogen and oxygen atoms in total. The first-order valence-electron chi connectivity index (χ1n) is 17.1. The van der Waals surface area contributed by atoms with Gasteiger partial charge in [-0.1, -0.05) is 85.4 Å². The van der Waals surface area contributed by atoms with E-state index < -0.39 is 0 Å². The van der Waals surface area contributed by atoms with Crippen molar-refractivity contribution in [1.29, 1.82) is 0 Å². The molecule has 0 unspecified atom stereocenters. The van der Waals surface area contributed by atoms with Crippen molar-refractivity contribution in [3.05, 3.63) is 170 Å². The highest BCUT2D eigenvalue weighted by Gasteiger charge is 2.17. The topological polar surface area (TPSA) is 51.0 Å². The van der Waals surface area contributed by atoms with Crippen LogP contribution in [-0.4, -0.2) is 22.6 Å². The summed E-state index contributed by atoms with van der Waals surface area (Å²) in [4.78, 5) is 11.3. The minimum Gasteiger partial charge on any atom is -0.388 e. The zero-order valence-electron chi connectivity index (χ0n) is 28.1. The van der Waals surface area contributed by atoms with Crippen molar-refractivity contribution in [2.45, 2.75) is 0 Å². The first-order valence-corrected chi connectivity index (χ1v) is 17.1. The average Bonchev–Trinajstić information content (AvgIpc) is 3.70. The molecule has 0 radical (unpaired) electrons. The summed E-state index contributed by atoms with van der Waals surface area (Å²) >= 11 is 0. The Balaban J connectivity index is 1.24. The van der Waals surface area contributed by atoms with Crippen LogP contribution in [0, 0.1) is 0 Å². The lowest BCUT2D eigenvalue weighted by Gasteiger charge is -2.13. The second-order valence-corrected chi connectivity index (χ2v) is 12.8. The highest BCUT2D eigenvalue weighted by molar-refractivity contribution is 6.13. The molecular weight excluding hydrogens is 625 g/mol. The van der Waals surface area contributed by atoms with Gasteiger partial charge in [0.25, 0.3) is 0 Å². The molecule has 2 N–H and O–H groups in total. The van der Waals surface area contributed by atoms with E-state index in [2.05, 4.69) is 172 Å². The molecule has 2 aromatic heterocycles. The number of nitrogens with zero attached hydrogens (tertiary/aromatic N) is 2. The molecule has 0 saturated heterocycles. The summed E-state index contributed by atoms with van der Waals surface area (Å²) < 4.78 is 4.70. The number of hydrogen-bond acceptors (Lipinski definition) is 2. The van der Waals surface area contributed by atoms with Crippen LogP contribution < -0.4 is 10.6 Å². The molecular formula is C46H34N4O. The van der Waals surface area contributed by atoms with E-state index in [1.807, 2.05) is 19.2 Å². The summed E-state index contributed by atoms with van der Waals surface area (Å²) in [5, 5.41) is 10.8. The van der Waals surface area contributed by atoms with Gasteiger partial charge in [-0.3, -0.25) is 4.79 Å². The van der Waals surface area contributed by atoms with Crippen LogP contribution in [0.15, 0.2) is 164 Å². The van der Waals surface area contributed by atoms with Crippen molar-refractivity contribution in [3.8, 4) is 33.6 Å². The van der Waals surface area contributed by atoms with Crippen LogP contribution in [0.1, 0.15) is 5.56 Å². The molecule has 7 aromatic carbocycles. The lowest BCUT2D eigenvalue weighted by atomic mass is 9.97. The standard InChI is InChI=1S/C46H34N4O/c1-30(47-2)38-25-31(17-21-42(38)48-29-51)33-19-23-45-40(27-33)41-28-34(20-24-46(41)50(45)36-13-7-4-8-14-36)32-18-22-44-39(26-32)37-15-9-10-16-43(37)49(44)35-11-5-3-6-12-35/h3-29,47H,1H2,2H3,(H,48,51). The van der Waals surface area contributed by atoms with E-state index in [1.165, 1.54) is 38.1 Å². The smallest absolute Gasteiger partial charge is 0.211 e. The first-order chi connectivity index (χ1) is 25.1.